The monoisotopic (exact) mass is 443 g/mol. The molecule has 1 atom stereocenters. The molecule has 0 bridgehead atoms. The Labute approximate surface area is 190 Å². The molecule has 0 aromatic heterocycles. The zero-order valence-electron chi connectivity index (χ0n) is 17.6. The van der Waals surface area contributed by atoms with Crippen molar-refractivity contribution >= 4 is 29.2 Å². The van der Waals surface area contributed by atoms with Crippen molar-refractivity contribution in [1.82, 2.24) is 4.90 Å². The van der Waals surface area contributed by atoms with Gasteiger partial charge >= 0.3 is 6.03 Å². The second-order valence-corrected chi connectivity index (χ2v) is 7.74. The summed E-state index contributed by atoms with van der Waals surface area (Å²) in [6, 6.07) is 21.7. The number of para-hydroxylation sites is 2. The van der Waals surface area contributed by atoms with Crippen LogP contribution in [0.3, 0.4) is 0 Å². The summed E-state index contributed by atoms with van der Waals surface area (Å²) in [7, 11) is 0. The highest BCUT2D eigenvalue weighted by molar-refractivity contribution is 6.22. The molecule has 2 aliphatic heterocycles. The van der Waals surface area contributed by atoms with E-state index >= 15 is 0 Å². The van der Waals surface area contributed by atoms with Gasteiger partial charge in [0.2, 0.25) is 12.7 Å². The van der Waals surface area contributed by atoms with Gasteiger partial charge in [0.1, 0.15) is 6.04 Å². The summed E-state index contributed by atoms with van der Waals surface area (Å²) in [5.74, 6) is 0.434. The predicted molar refractivity (Wildman–Crippen MR) is 121 cm³/mol. The highest BCUT2D eigenvalue weighted by Crippen LogP contribution is 2.34. The molecule has 0 radical (unpaired) electrons. The third-order valence-corrected chi connectivity index (χ3v) is 5.56. The van der Waals surface area contributed by atoms with Crippen molar-refractivity contribution in [2.45, 2.75) is 19.0 Å². The second-order valence-electron chi connectivity index (χ2n) is 7.74. The Balaban J connectivity index is 1.42. The maximum Gasteiger partial charge on any atom is 0.332 e. The van der Waals surface area contributed by atoms with Gasteiger partial charge in [-0.2, -0.15) is 0 Å². The van der Waals surface area contributed by atoms with Gasteiger partial charge in [-0.15, -0.1) is 0 Å². The topological polar surface area (TPSA) is 88.2 Å². The van der Waals surface area contributed by atoms with Crippen LogP contribution in [0.2, 0.25) is 0 Å². The van der Waals surface area contributed by atoms with Crippen LogP contribution < -0.4 is 19.7 Å². The second kappa shape index (κ2) is 8.66. The van der Waals surface area contributed by atoms with E-state index in [2.05, 4.69) is 5.32 Å². The normalized spacial score (nSPS) is 16.9. The number of hydrogen-bond donors (Lipinski definition) is 1. The molecule has 4 amide bonds. The number of hydrogen-bond acceptors (Lipinski definition) is 5. The Morgan fingerprint density at radius 1 is 0.909 bits per heavy atom. The number of nitrogens with one attached hydrogen (secondary N) is 1. The first-order valence-electron chi connectivity index (χ1n) is 10.5. The molecular weight excluding hydrogens is 422 g/mol. The van der Waals surface area contributed by atoms with Crippen molar-refractivity contribution in [3.8, 4) is 11.5 Å². The van der Waals surface area contributed by atoms with E-state index in [0.29, 0.717) is 22.9 Å². The molecule has 5 rings (SSSR count). The van der Waals surface area contributed by atoms with E-state index in [4.69, 9.17) is 9.47 Å². The maximum absolute atomic E-state index is 13.3. The molecule has 1 fully saturated rings. The molecule has 8 nitrogen and oxygen atoms in total. The predicted octanol–water partition coefficient (Wildman–Crippen LogP) is 3.78. The summed E-state index contributed by atoms with van der Waals surface area (Å²) in [4.78, 5) is 42.0. The van der Waals surface area contributed by atoms with E-state index in [1.165, 1.54) is 4.90 Å². The molecule has 0 unspecified atom stereocenters. The Morgan fingerprint density at radius 2 is 1.61 bits per heavy atom. The van der Waals surface area contributed by atoms with Crippen LogP contribution in [0.1, 0.15) is 12.0 Å². The SMILES string of the molecule is O=C(C[C@@H]1C(=O)N(c2ccccc2)C(=O)N1Cc1ccc2c(c1)OCO2)Nc1ccccc1. The van der Waals surface area contributed by atoms with Gasteiger partial charge in [0.25, 0.3) is 5.91 Å². The van der Waals surface area contributed by atoms with Gasteiger partial charge in [0.05, 0.1) is 12.1 Å². The molecule has 33 heavy (non-hydrogen) atoms. The molecule has 8 heteroatoms. The number of rotatable bonds is 6. The van der Waals surface area contributed by atoms with Gasteiger partial charge in [0, 0.05) is 12.2 Å². The fourth-order valence-corrected chi connectivity index (χ4v) is 3.97. The first kappa shape index (κ1) is 20.6. The van der Waals surface area contributed by atoms with Gasteiger partial charge in [-0.3, -0.25) is 9.59 Å². The lowest BCUT2D eigenvalue weighted by Crippen LogP contribution is -2.37. The average molecular weight is 443 g/mol. The minimum absolute atomic E-state index is 0.143. The van der Waals surface area contributed by atoms with Crippen molar-refractivity contribution in [3.63, 3.8) is 0 Å². The van der Waals surface area contributed by atoms with Gasteiger partial charge in [0.15, 0.2) is 11.5 Å². The number of nitrogens with zero attached hydrogens (tertiary/aromatic N) is 2. The van der Waals surface area contributed by atoms with Crippen LogP contribution >= 0.6 is 0 Å². The van der Waals surface area contributed by atoms with Crippen LogP contribution in [0, 0.1) is 0 Å². The largest absolute Gasteiger partial charge is 0.454 e. The van der Waals surface area contributed by atoms with E-state index in [1.807, 2.05) is 30.3 Å². The number of imide groups is 1. The number of amides is 4. The first-order valence-corrected chi connectivity index (χ1v) is 10.5. The molecule has 2 aliphatic rings. The van der Waals surface area contributed by atoms with Crippen LogP contribution in [0.25, 0.3) is 0 Å². The maximum atomic E-state index is 13.3. The van der Waals surface area contributed by atoms with E-state index in [0.717, 1.165) is 10.5 Å². The summed E-state index contributed by atoms with van der Waals surface area (Å²) < 4.78 is 10.8. The lowest BCUT2D eigenvalue weighted by Gasteiger charge is -2.22. The number of urea groups is 1. The smallest absolute Gasteiger partial charge is 0.332 e. The summed E-state index contributed by atoms with van der Waals surface area (Å²) in [6.07, 6.45) is -0.159. The molecule has 1 saturated heterocycles. The highest BCUT2D eigenvalue weighted by Gasteiger charge is 2.46. The van der Waals surface area contributed by atoms with Crippen LogP contribution in [0.5, 0.6) is 11.5 Å². The van der Waals surface area contributed by atoms with Crippen LogP contribution in [0.15, 0.2) is 78.9 Å². The fraction of sp³-hybridized carbons (Fsp3) is 0.160. The lowest BCUT2D eigenvalue weighted by atomic mass is 10.1. The third kappa shape index (κ3) is 4.10. The number of fused-ring (bicyclic) bond motifs is 1. The number of anilines is 2. The fourth-order valence-electron chi connectivity index (χ4n) is 3.97. The van der Waals surface area contributed by atoms with Crippen molar-refractivity contribution in [2.75, 3.05) is 17.0 Å². The molecule has 0 spiro atoms. The van der Waals surface area contributed by atoms with E-state index in [-0.39, 0.29) is 25.7 Å². The van der Waals surface area contributed by atoms with Gasteiger partial charge in [-0.05, 0) is 42.0 Å². The van der Waals surface area contributed by atoms with Crippen LogP contribution in [0.4, 0.5) is 16.2 Å². The molecule has 166 valence electrons. The van der Waals surface area contributed by atoms with Crippen molar-refractivity contribution in [3.05, 3.63) is 84.4 Å². The Kier molecular flexibility index (Phi) is 5.40. The lowest BCUT2D eigenvalue weighted by molar-refractivity contribution is -0.124. The highest BCUT2D eigenvalue weighted by atomic mass is 16.7. The number of carbonyl (C=O) groups is 3. The quantitative estimate of drug-likeness (QED) is 0.586. The minimum Gasteiger partial charge on any atom is -0.454 e. The summed E-state index contributed by atoms with van der Waals surface area (Å²) >= 11 is 0. The Morgan fingerprint density at radius 3 is 2.36 bits per heavy atom. The van der Waals surface area contributed by atoms with Gasteiger partial charge < -0.3 is 19.7 Å². The number of benzene rings is 3. The van der Waals surface area contributed by atoms with E-state index in [1.54, 1.807) is 48.5 Å². The Hall–Kier alpha value is -4.33. The van der Waals surface area contributed by atoms with Crippen LogP contribution in [-0.2, 0) is 16.1 Å². The summed E-state index contributed by atoms with van der Waals surface area (Å²) in [5.41, 5.74) is 1.86. The van der Waals surface area contributed by atoms with Gasteiger partial charge in [-0.1, -0.05) is 42.5 Å². The van der Waals surface area contributed by atoms with Crippen molar-refractivity contribution < 1.29 is 23.9 Å². The third-order valence-electron chi connectivity index (χ3n) is 5.56. The molecule has 0 saturated carbocycles. The first-order chi connectivity index (χ1) is 16.1. The molecule has 0 aliphatic carbocycles. The zero-order valence-corrected chi connectivity index (χ0v) is 17.6. The summed E-state index contributed by atoms with van der Waals surface area (Å²) in [6.45, 7) is 0.289. The molecule has 3 aromatic carbocycles. The van der Waals surface area contributed by atoms with Crippen molar-refractivity contribution in [1.29, 1.82) is 0 Å². The molecule has 3 aromatic rings. The van der Waals surface area contributed by atoms with E-state index in [9.17, 15) is 14.4 Å². The average Bonchev–Trinajstić information content (AvgIpc) is 3.38. The van der Waals surface area contributed by atoms with Crippen LogP contribution in [-0.4, -0.2) is 35.6 Å². The Bertz CT molecular complexity index is 1200. The standard InChI is InChI=1S/C25H21N3O5/c29-23(26-18-7-3-1-4-8-18)14-20-24(30)28(19-9-5-2-6-10-19)25(31)27(20)15-17-11-12-21-22(13-17)33-16-32-21/h1-13,20H,14-16H2,(H,26,29)/t20-/m1/s1. The van der Waals surface area contributed by atoms with E-state index < -0.39 is 18.0 Å². The molecular formula is C25H21N3O5. The van der Waals surface area contributed by atoms with Gasteiger partial charge in [-0.25, -0.2) is 9.69 Å². The number of ether oxygens (including phenoxy) is 2. The molecule has 2 heterocycles. The zero-order chi connectivity index (χ0) is 22.8. The summed E-state index contributed by atoms with van der Waals surface area (Å²) in [5, 5.41) is 2.79. The minimum atomic E-state index is -0.938. The molecule has 1 N–H and O–H groups in total. The van der Waals surface area contributed by atoms with Crippen molar-refractivity contribution in [2.24, 2.45) is 0 Å². The number of carbonyl (C=O) groups excluding carboxylic acids is 3.